The van der Waals surface area contributed by atoms with Gasteiger partial charge in [-0.2, -0.15) is 0 Å². The summed E-state index contributed by atoms with van der Waals surface area (Å²) in [4.78, 5) is 0. The molecule has 6 heteroatoms. The van der Waals surface area contributed by atoms with Gasteiger partial charge in [-0.05, 0) is 0 Å². The molecule has 0 fully saturated rings. The lowest BCUT2D eigenvalue weighted by atomic mass is 10.0. The minimum Gasteiger partial charge on any atom is -0.395 e. The van der Waals surface area contributed by atoms with Crippen molar-refractivity contribution in [2.75, 3.05) is 13.2 Å². The van der Waals surface area contributed by atoms with E-state index in [9.17, 15) is 0 Å². The third kappa shape index (κ3) is 3.02. The summed E-state index contributed by atoms with van der Waals surface area (Å²) >= 11 is 0. The molecule has 74 valence electrons. The maximum Gasteiger partial charge on any atom is 0.110 e. The molecule has 0 aliphatic rings. The fourth-order valence-electron chi connectivity index (χ4n) is 0.697. The highest BCUT2D eigenvalue weighted by Gasteiger charge is 2.28. The number of aliphatic hydroxyl groups is 5. The minimum absolute atomic E-state index is 0.504. The molecular weight excluding hydrogens is 166 g/mol. The Morgan fingerprint density at radius 1 is 0.917 bits per heavy atom. The van der Waals surface area contributed by atoms with Crippen molar-refractivity contribution in [2.24, 2.45) is 5.73 Å². The fraction of sp³-hybridized carbons (Fsp3) is 1.00. The van der Waals surface area contributed by atoms with Gasteiger partial charge in [0.15, 0.2) is 0 Å². The van der Waals surface area contributed by atoms with Crippen LogP contribution in [0.25, 0.3) is 0 Å². The van der Waals surface area contributed by atoms with Gasteiger partial charge in [-0.3, -0.25) is 0 Å². The fourth-order valence-corrected chi connectivity index (χ4v) is 0.697. The normalized spacial score (nSPS) is 21.5. The van der Waals surface area contributed by atoms with Crippen LogP contribution < -0.4 is 5.73 Å². The summed E-state index contributed by atoms with van der Waals surface area (Å²) in [6.07, 6.45) is -4.44. The minimum atomic E-state index is -1.54. The van der Waals surface area contributed by atoms with Gasteiger partial charge in [0, 0.05) is 0 Å². The van der Waals surface area contributed by atoms with E-state index in [0.29, 0.717) is 0 Å². The molecule has 6 nitrogen and oxygen atoms in total. The lowest BCUT2D eigenvalue weighted by molar-refractivity contribution is -0.0873. The highest BCUT2D eigenvalue weighted by atomic mass is 16.4. The van der Waals surface area contributed by atoms with Crippen LogP contribution in [0.4, 0.5) is 0 Å². The Morgan fingerprint density at radius 2 is 1.42 bits per heavy atom. The molecule has 0 heterocycles. The van der Waals surface area contributed by atoms with Crippen molar-refractivity contribution in [1.82, 2.24) is 0 Å². The van der Waals surface area contributed by atoms with E-state index in [2.05, 4.69) is 0 Å². The summed E-state index contributed by atoms with van der Waals surface area (Å²) in [6, 6.07) is -1.03. The van der Waals surface area contributed by atoms with Crippen molar-refractivity contribution in [2.45, 2.75) is 24.4 Å². The first-order valence-electron chi connectivity index (χ1n) is 3.56. The van der Waals surface area contributed by atoms with Crippen LogP contribution >= 0.6 is 0 Å². The van der Waals surface area contributed by atoms with Crippen molar-refractivity contribution in [3.63, 3.8) is 0 Å². The number of nitrogens with two attached hydrogens (primary N) is 1. The van der Waals surface area contributed by atoms with E-state index in [1.165, 1.54) is 0 Å². The van der Waals surface area contributed by atoms with Crippen LogP contribution in [0.5, 0.6) is 0 Å². The second-order valence-electron chi connectivity index (χ2n) is 2.58. The van der Waals surface area contributed by atoms with E-state index in [-0.39, 0.29) is 0 Å². The molecule has 0 aromatic carbocycles. The predicted octanol–water partition coefficient (Wildman–Crippen LogP) is -3.62. The van der Waals surface area contributed by atoms with Crippen LogP contribution in [0, 0.1) is 0 Å². The Morgan fingerprint density at radius 3 is 1.75 bits per heavy atom. The number of aliphatic hydroxyl groups excluding tert-OH is 5. The molecule has 0 amide bonds. The molecule has 12 heavy (non-hydrogen) atoms. The number of hydrogen-bond donors (Lipinski definition) is 6. The average Bonchev–Trinajstić information content (AvgIpc) is 2.12. The van der Waals surface area contributed by atoms with E-state index in [4.69, 9.17) is 31.3 Å². The van der Waals surface area contributed by atoms with Gasteiger partial charge < -0.3 is 31.3 Å². The first-order chi connectivity index (χ1) is 5.54. The zero-order valence-electron chi connectivity index (χ0n) is 6.54. The van der Waals surface area contributed by atoms with E-state index in [1.807, 2.05) is 0 Å². The monoisotopic (exact) mass is 181 g/mol. The summed E-state index contributed by atoms with van der Waals surface area (Å²) in [7, 11) is 0. The van der Waals surface area contributed by atoms with Gasteiger partial charge >= 0.3 is 0 Å². The topological polar surface area (TPSA) is 127 Å². The molecule has 0 aliphatic heterocycles. The SMILES string of the molecule is N[C@H](CO)[C@@H](O)[C@H](O)[C@H](O)CO. The van der Waals surface area contributed by atoms with Gasteiger partial charge in [-0.1, -0.05) is 0 Å². The molecule has 0 radical (unpaired) electrons. The van der Waals surface area contributed by atoms with Crippen molar-refractivity contribution in [1.29, 1.82) is 0 Å². The van der Waals surface area contributed by atoms with E-state index in [0.717, 1.165) is 0 Å². The molecule has 0 aromatic rings. The molecule has 0 bridgehead atoms. The standard InChI is InChI=1S/C6H15NO5/c7-3(1-8)5(11)6(12)4(10)2-9/h3-6,8-12H,1-2,7H2/t3-,4-,5-,6-/m1/s1. The zero-order valence-corrected chi connectivity index (χ0v) is 6.54. The van der Waals surface area contributed by atoms with Crippen molar-refractivity contribution in [3.8, 4) is 0 Å². The highest BCUT2D eigenvalue weighted by Crippen LogP contribution is 2.02. The largest absolute Gasteiger partial charge is 0.395 e. The van der Waals surface area contributed by atoms with E-state index >= 15 is 0 Å². The summed E-state index contributed by atoms with van der Waals surface area (Å²) in [5.74, 6) is 0. The Kier molecular flexibility index (Phi) is 5.31. The molecule has 0 aromatic heterocycles. The quantitative estimate of drug-likeness (QED) is 0.260. The smallest absolute Gasteiger partial charge is 0.110 e. The first kappa shape index (κ1) is 11.8. The lowest BCUT2D eigenvalue weighted by Crippen LogP contribution is -2.50. The highest BCUT2D eigenvalue weighted by molar-refractivity contribution is 4.82. The van der Waals surface area contributed by atoms with Crippen LogP contribution in [-0.4, -0.2) is 63.1 Å². The maximum atomic E-state index is 9.08. The maximum absolute atomic E-state index is 9.08. The molecule has 0 saturated carbocycles. The summed E-state index contributed by atoms with van der Waals surface area (Å²) < 4.78 is 0. The third-order valence-electron chi connectivity index (χ3n) is 1.58. The van der Waals surface area contributed by atoms with Crippen molar-refractivity contribution in [3.05, 3.63) is 0 Å². The first-order valence-corrected chi connectivity index (χ1v) is 3.56. The predicted molar refractivity (Wildman–Crippen MR) is 40.2 cm³/mol. The van der Waals surface area contributed by atoms with E-state index < -0.39 is 37.6 Å². The second-order valence-corrected chi connectivity index (χ2v) is 2.58. The van der Waals surface area contributed by atoms with Gasteiger partial charge in [0.05, 0.1) is 25.4 Å². The van der Waals surface area contributed by atoms with Crippen LogP contribution in [-0.2, 0) is 0 Å². The van der Waals surface area contributed by atoms with Crippen molar-refractivity contribution < 1.29 is 25.5 Å². The van der Waals surface area contributed by atoms with Crippen LogP contribution in [0.15, 0.2) is 0 Å². The average molecular weight is 181 g/mol. The molecule has 4 atom stereocenters. The Balaban J connectivity index is 3.99. The summed E-state index contributed by atoms with van der Waals surface area (Å²) in [6.45, 7) is -1.17. The zero-order chi connectivity index (χ0) is 9.72. The Labute approximate surface area is 69.9 Å². The molecule has 7 N–H and O–H groups in total. The molecule has 0 spiro atoms. The molecule has 0 aliphatic carbocycles. The van der Waals surface area contributed by atoms with Crippen LogP contribution in [0.1, 0.15) is 0 Å². The molecule has 0 saturated heterocycles. The van der Waals surface area contributed by atoms with Crippen LogP contribution in [0.2, 0.25) is 0 Å². The molecule has 0 rings (SSSR count). The van der Waals surface area contributed by atoms with Crippen molar-refractivity contribution >= 4 is 0 Å². The Hall–Kier alpha value is -0.240. The number of hydrogen-bond acceptors (Lipinski definition) is 6. The third-order valence-corrected chi connectivity index (χ3v) is 1.58. The second kappa shape index (κ2) is 5.41. The molecule has 0 unspecified atom stereocenters. The van der Waals surface area contributed by atoms with E-state index in [1.54, 1.807) is 0 Å². The van der Waals surface area contributed by atoms with Crippen LogP contribution in [0.3, 0.4) is 0 Å². The number of rotatable bonds is 5. The van der Waals surface area contributed by atoms with Gasteiger partial charge in [-0.15, -0.1) is 0 Å². The van der Waals surface area contributed by atoms with Gasteiger partial charge in [0.1, 0.15) is 12.2 Å². The summed E-state index contributed by atoms with van der Waals surface area (Å²) in [5.41, 5.74) is 5.16. The Bertz CT molecular complexity index is 109. The lowest BCUT2D eigenvalue weighted by Gasteiger charge is -2.24. The van der Waals surface area contributed by atoms with Gasteiger partial charge in [0.2, 0.25) is 0 Å². The van der Waals surface area contributed by atoms with Gasteiger partial charge in [0.25, 0.3) is 0 Å². The summed E-state index contributed by atoms with van der Waals surface area (Å²) in [5, 5.41) is 43.8. The molecular formula is C6H15NO5. The van der Waals surface area contributed by atoms with Gasteiger partial charge in [-0.25, -0.2) is 0 Å².